The third-order valence-corrected chi connectivity index (χ3v) is 5.73. The van der Waals surface area contributed by atoms with Crippen molar-refractivity contribution < 1.29 is 9.59 Å². The Morgan fingerprint density at radius 2 is 1.97 bits per heavy atom. The number of aromatic nitrogens is 4. The van der Waals surface area contributed by atoms with Crippen molar-refractivity contribution in [2.45, 2.75) is 44.7 Å². The minimum atomic E-state index is -0.212. The van der Waals surface area contributed by atoms with Crippen molar-refractivity contribution in [1.29, 1.82) is 0 Å². The van der Waals surface area contributed by atoms with Crippen molar-refractivity contribution in [2.75, 3.05) is 11.4 Å². The van der Waals surface area contributed by atoms with Crippen LogP contribution in [0.4, 0.5) is 5.69 Å². The molecule has 0 unspecified atom stereocenters. The van der Waals surface area contributed by atoms with Crippen LogP contribution in [0.1, 0.15) is 70.9 Å². The van der Waals surface area contributed by atoms with Gasteiger partial charge in [0.25, 0.3) is 11.8 Å². The summed E-state index contributed by atoms with van der Waals surface area (Å²) in [5.74, 6) is 0.171. The van der Waals surface area contributed by atoms with Crippen LogP contribution in [0.3, 0.4) is 0 Å². The molecule has 8 nitrogen and oxygen atoms in total. The summed E-state index contributed by atoms with van der Waals surface area (Å²) in [6.45, 7) is 4.48. The first-order valence-electron chi connectivity index (χ1n) is 10.6. The summed E-state index contributed by atoms with van der Waals surface area (Å²) in [5, 5.41) is 7.67. The lowest BCUT2D eigenvalue weighted by Gasteiger charge is -2.17. The zero-order valence-electron chi connectivity index (χ0n) is 17.5. The van der Waals surface area contributed by atoms with Gasteiger partial charge < -0.3 is 10.2 Å². The Balaban J connectivity index is 1.53. The van der Waals surface area contributed by atoms with Gasteiger partial charge >= 0.3 is 0 Å². The van der Waals surface area contributed by atoms with E-state index in [1.807, 2.05) is 30.7 Å². The van der Waals surface area contributed by atoms with E-state index >= 15 is 0 Å². The number of nitrogens with zero attached hydrogens (tertiary/aromatic N) is 5. The fraction of sp³-hybridized carbons (Fsp3) is 0.348. The summed E-state index contributed by atoms with van der Waals surface area (Å²) in [5.41, 5.74) is 2.62. The first kappa shape index (κ1) is 19.4. The number of pyridine rings is 1. The molecule has 0 bridgehead atoms. The van der Waals surface area contributed by atoms with Gasteiger partial charge in [-0.2, -0.15) is 5.10 Å². The van der Waals surface area contributed by atoms with Crippen molar-refractivity contribution in [3.8, 4) is 0 Å². The number of amides is 2. The number of anilines is 1. The lowest BCUT2D eigenvalue weighted by Crippen LogP contribution is -2.30. The topological polar surface area (TPSA) is 93.0 Å². The zero-order chi connectivity index (χ0) is 21.5. The van der Waals surface area contributed by atoms with Crippen LogP contribution in [0.5, 0.6) is 0 Å². The van der Waals surface area contributed by atoms with Gasteiger partial charge in [0.1, 0.15) is 12.0 Å². The van der Waals surface area contributed by atoms with Crippen LogP contribution < -0.4 is 10.2 Å². The maximum Gasteiger partial charge on any atom is 0.276 e. The molecule has 1 saturated carbocycles. The van der Waals surface area contributed by atoms with Crippen LogP contribution in [0.15, 0.2) is 48.9 Å². The van der Waals surface area contributed by atoms with Crippen molar-refractivity contribution in [2.24, 2.45) is 0 Å². The summed E-state index contributed by atoms with van der Waals surface area (Å²) in [6, 6.07) is 11.2. The van der Waals surface area contributed by atoms with Gasteiger partial charge in [-0.25, -0.2) is 4.98 Å². The van der Waals surface area contributed by atoms with E-state index in [9.17, 15) is 9.59 Å². The monoisotopic (exact) mass is 416 g/mol. The number of nitrogens with one attached hydrogen (secondary N) is 1. The molecule has 1 aliphatic carbocycles. The molecular weight excluding hydrogens is 392 g/mol. The van der Waals surface area contributed by atoms with Crippen LogP contribution in [-0.4, -0.2) is 44.1 Å². The van der Waals surface area contributed by atoms with Crippen LogP contribution in [0.2, 0.25) is 0 Å². The lowest BCUT2D eigenvalue weighted by molar-refractivity contribution is 0.0949. The number of hydrogen-bond donors (Lipinski definition) is 1. The molecule has 2 aliphatic rings. The Morgan fingerprint density at radius 3 is 2.65 bits per heavy atom. The molecule has 1 fully saturated rings. The molecule has 158 valence electrons. The molecule has 5 rings (SSSR count). The number of hydrogen-bond acceptors (Lipinski definition) is 5. The van der Waals surface area contributed by atoms with Gasteiger partial charge in [-0.3, -0.25) is 19.3 Å². The summed E-state index contributed by atoms with van der Waals surface area (Å²) in [4.78, 5) is 36.3. The van der Waals surface area contributed by atoms with Gasteiger partial charge in [0.15, 0.2) is 5.82 Å². The first-order valence-corrected chi connectivity index (χ1v) is 10.6. The van der Waals surface area contributed by atoms with E-state index in [0.717, 1.165) is 24.1 Å². The molecule has 1 N–H and O–H groups in total. The minimum Gasteiger partial charge on any atom is -0.349 e. The predicted octanol–water partition coefficient (Wildman–Crippen LogP) is 2.94. The zero-order valence-corrected chi connectivity index (χ0v) is 17.5. The van der Waals surface area contributed by atoms with Gasteiger partial charge in [-0.15, -0.1) is 0 Å². The maximum absolute atomic E-state index is 13.2. The predicted molar refractivity (Wildman–Crippen MR) is 115 cm³/mol. The second-order valence-corrected chi connectivity index (χ2v) is 8.38. The number of benzene rings is 1. The van der Waals surface area contributed by atoms with E-state index in [2.05, 4.69) is 20.4 Å². The SMILES string of the molecule is CC(C)n1cnc([C@@H]2CN(C(=O)c3ccccn3)c3ccc(C(=O)NC4CC4)cc32)n1. The molecule has 8 heteroatoms. The summed E-state index contributed by atoms with van der Waals surface area (Å²) < 4.78 is 1.81. The quantitative estimate of drug-likeness (QED) is 0.690. The number of carbonyl (C=O) groups excluding carboxylic acids is 2. The molecule has 1 aromatic carbocycles. The van der Waals surface area contributed by atoms with Gasteiger partial charge in [0.05, 0.1) is 5.92 Å². The summed E-state index contributed by atoms with van der Waals surface area (Å²) >= 11 is 0. The third-order valence-electron chi connectivity index (χ3n) is 5.73. The second kappa shape index (κ2) is 7.61. The highest BCUT2D eigenvalue weighted by Gasteiger charge is 2.37. The van der Waals surface area contributed by atoms with Gasteiger partial charge in [-0.1, -0.05) is 6.07 Å². The number of carbonyl (C=O) groups is 2. The largest absolute Gasteiger partial charge is 0.349 e. The van der Waals surface area contributed by atoms with Crippen molar-refractivity contribution in [3.05, 3.63) is 71.6 Å². The first-order chi connectivity index (χ1) is 15.0. The van der Waals surface area contributed by atoms with E-state index < -0.39 is 0 Å². The summed E-state index contributed by atoms with van der Waals surface area (Å²) in [6.07, 6.45) is 5.38. The average Bonchev–Trinajstić information content (AvgIpc) is 3.32. The Kier molecular flexibility index (Phi) is 4.77. The Hall–Kier alpha value is -3.55. The minimum absolute atomic E-state index is 0.0841. The Bertz CT molecular complexity index is 1140. The smallest absolute Gasteiger partial charge is 0.276 e. The highest BCUT2D eigenvalue weighted by Crippen LogP contribution is 2.40. The molecule has 1 atom stereocenters. The third kappa shape index (κ3) is 3.69. The molecule has 31 heavy (non-hydrogen) atoms. The highest BCUT2D eigenvalue weighted by molar-refractivity contribution is 6.07. The second-order valence-electron chi connectivity index (χ2n) is 8.38. The molecule has 0 saturated heterocycles. The fourth-order valence-corrected chi connectivity index (χ4v) is 3.83. The van der Waals surface area contributed by atoms with Crippen molar-refractivity contribution >= 4 is 17.5 Å². The fourth-order valence-electron chi connectivity index (χ4n) is 3.83. The van der Waals surface area contributed by atoms with E-state index in [-0.39, 0.29) is 29.8 Å². The normalized spacial score (nSPS) is 17.6. The van der Waals surface area contributed by atoms with E-state index in [1.54, 1.807) is 41.7 Å². The maximum atomic E-state index is 13.2. The Morgan fingerprint density at radius 1 is 1.13 bits per heavy atom. The number of rotatable bonds is 5. The van der Waals surface area contributed by atoms with E-state index in [0.29, 0.717) is 23.6 Å². The van der Waals surface area contributed by atoms with Gasteiger partial charge in [0, 0.05) is 36.1 Å². The molecule has 0 radical (unpaired) electrons. The molecular formula is C23H24N6O2. The van der Waals surface area contributed by atoms with E-state index in [4.69, 9.17) is 0 Å². The summed E-state index contributed by atoms with van der Waals surface area (Å²) in [7, 11) is 0. The van der Waals surface area contributed by atoms with Crippen LogP contribution in [-0.2, 0) is 0 Å². The van der Waals surface area contributed by atoms with Crippen LogP contribution in [0.25, 0.3) is 0 Å². The van der Waals surface area contributed by atoms with E-state index in [1.165, 1.54) is 0 Å². The molecule has 2 amide bonds. The van der Waals surface area contributed by atoms with Crippen LogP contribution >= 0.6 is 0 Å². The van der Waals surface area contributed by atoms with Crippen molar-refractivity contribution in [3.63, 3.8) is 0 Å². The average molecular weight is 416 g/mol. The molecule has 0 spiro atoms. The molecule has 3 heterocycles. The molecule has 1 aliphatic heterocycles. The lowest BCUT2D eigenvalue weighted by atomic mass is 9.98. The van der Waals surface area contributed by atoms with Gasteiger partial charge in [-0.05, 0) is 62.6 Å². The van der Waals surface area contributed by atoms with Crippen LogP contribution in [0, 0.1) is 0 Å². The van der Waals surface area contributed by atoms with Crippen molar-refractivity contribution in [1.82, 2.24) is 25.1 Å². The standard InChI is InChI=1S/C23H24N6O2/c1-14(2)29-13-25-21(27-29)18-12-28(23(31)19-5-3-4-10-24-19)20-9-6-15(11-17(18)20)22(30)26-16-7-8-16/h3-6,9-11,13-14,16,18H,7-8,12H2,1-2H3,(H,26,30)/t18-/m1/s1. The number of fused-ring (bicyclic) bond motifs is 1. The highest BCUT2D eigenvalue weighted by atomic mass is 16.2. The molecule has 3 aromatic rings. The van der Waals surface area contributed by atoms with Gasteiger partial charge in [0.2, 0.25) is 0 Å². The Labute approximate surface area is 180 Å². The molecule has 2 aromatic heterocycles.